The van der Waals surface area contributed by atoms with Crippen molar-refractivity contribution in [2.45, 2.75) is 39.7 Å². The molecule has 0 saturated heterocycles. The molecule has 0 aromatic carbocycles. The number of rotatable bonds is 6. The van der Waals surface area contributed by atoms with Crippen molar-refractivity contribution in [1.82, 2.24) is 9.88 Å². The number of amides is 1. The fourth-order valence-electron chi connectivity index (χ4n) is 2.24. The van der Waals surface area contributed by atoms with E-state index in [2.05, 4.69) is 24.1 Å². The number of carbonyl (C=O) groups excluding carboxylic acids is 1. The summed E-state index contributed by atoms with van der Waals surface area (Å²) in [6.45, 7) is 7.96. The highest BCUT2D eigenvalue weighted by atomic mass is 16.2. The Morgan fingerprint density at radius 3 is 2.84 bits per heavy atom. The molecular formula is C15H23N3O. The van der Waals surface area contributed by atoms with Gasteiger partial charge in [0.1, 0.15) is 0 Å². The highest BCUT2D eigenvalue weighted by molar-refractivity contribution is 5.99. The molecule has 0 bridgehead atoms. The maximum Gasteiger partial charge on any atom is 0.257 e. The first-order valence-electron chi connectivity index (χ1n) is 7.12. The fourth-order valence-corrected chi connectivity index (χ4v) is 2.24. The molecule has 0 atom stereocenters. The van der Waals surface area contributed by atoms with Gasteiger partial charge in [0.05, 0.1) is 11.3 Å². The van der Waals surface area contributed by atoms with Crippen molar-refractivity contribution in [2.24, 2.45) is 5.92 Å². The van der Waals surface area contributed by atoms with Crippen molar-refractivity contribution in [3.63, 3.8) is 0 Å². The monoisotopic (exact) mass is 261 g/mol. The van der Waals surface area contributed by atoms with E-state index in [1.807, 2.05) is 17.9 Å². The van der Waals surface area contributed by atoms with Gasteiger partial charge in [-0.25, -0.2) is 0 Å². The summed E-state index contributed by atoms with van der Waals surface area (Å²) in [6.07, 6.45) is 5.67. The van der Waals surface area contributed by atoms with Crippen LogP contribution in [0.5, 0.6) is 0 Å². The van der Waals surface area contributed by atoms with Crippen LogP contribution in [0.4, 0.5) is 5.69 Å². The first-order chi connectivity index (χ1) is 9.13. The number of nitrogens with zero attached hydrogens (tertiary/aromatic N) is 2. The molecule has 19 heavy (non-hydrogen) atoms. The lowest BCUT2D eigenvalue weighted by atomic mass is 10.1. The molecule has 1 N–H and O–H groups in total. The summed E-state index contributed by atoms with van der Waals surface area (Å²) in [5.41, 5.74) is 1.58. The standard InChI is InChI=1S/C15H23N3O/c1-4-17-14-7-8-16-9-13(14)15(19)18(10-11(2)3)12-5-6-12/h7-9,11-12H,4-6,10H2,1-3H3,(H,16,17). The van der Waals surface area contributed by atoms with Gasteiger partial charge in [-0.05, 0) is 31.7 Å². The van der Waals surface area contributed by atoms with Gasteiger partial charge >= 0.3 is 0 Å². The average Bonchev–Trinajstić information content (AvgIpc) is 3.20. The summed E-state index contributed by atoms with van der Waals surface area (Å²) in [5, 5.41) is 3.24. The van der Waals surface area contributed by atoms with E-state index in [-0.39, 0.29) is 5.91 Å². The summed E-state index contributed by atoms with van der Waals surface area (Å²) in [4.78, 5) is 18.8. The molecule has 1 aromatic rings. The zero-order valence-electron chi connectivity index (χ0n) is 12.0. The molecule has 0 unspecified atom stereocenters. The summed E-state index contributed by atoms with van der Waals surface area (Å²) in [5.74, 6) is 0.601. The molecule has 1 aromatic heterocycles. The summed E-state index contributed by atoms with van der Waals surface area (Å²) in [6, 6.07) is 2.31. The van der Waals surface area contributed by atoms with E-state index in [1.54, 1.807) is 12.4 Å². The molecule has 1 fully saturated rings. The Morgan fingerprint density at radius 1 is 1.53 bits per heavy atom. The van der Waals surface area contributed by atoms with Gasteiger partial charge in [-0.1, -0.05) is 13.8 Å². The number of pyridine rings is 1. The van der Waals surface area contributed by atoms with E-state index in [1.165, 1.54) is 0 Å². The zero-order valence-corrected chi connectivity index (χ0v) is 12.0. The van der Waals surface area contributed by atoms with Gasteiger partial charge in [-0.15, -0.1) is 0 Å². The Morgan fingerprint density at radius 2 is 2.26 bits per heavy atom. The molecule has 0 spiro atoms. The minimum absolute atomic E-state index is 0.111. The summed E-state index contributed by atoms with van der Waals surface area (Å²) in [7, 11) is 0. The molecule has 0 radical (unpaired) electrons. The van der Waals surface area contributed by atoms with E-state index in [0.717, 1.165) is 31.6 Å². The topological polar surface area (TPSA) is 45.2 Å². The van der Waals surface area contributed by atoms with E-state index in [4.69, 9.17) is 0 Å². The number of anilines is 1. The Bertz CT molecular complexity index is 441. The third-order valence-electron chi connectivity index (χ3n) is 3.23. The zero-order chi connectivity index (χ0) is 13.8. The predicted octanol–water partition coefficient (Wildman–Crippen LogP) is 2.77. The largest absolute Gasteiger partial charge is 0.385 e. The molecule has 1 saturated carbocycles. The number of hydrogen-bond donors (Lipinski definition) is 1. The first-order valence-corrected chi connectivity index (χ1v) is 7.12. The Hall–Kier alpha value is -1.58. The van der Waals surface area contributed by atoms with Gasteiger partial charge in [0.2, 0.25) is 0 Å². The van der Waals surface area contributed by atoms with Crippen LogP contribution in [0.2, 0.25) is 0 Å². The second-order valence-electron chi connectivity index (χ2n) is 5.53. The van der Waals surface area contributed by atoms with Crippen molar-refractivity contribution in [2.75, 3.05) is 18.4 Å². The third-order valence-corrected chi connectivity index (χ3v) is 3.23. The second kappa shape index (κ2) is 6.04. The maximum absolute atomic E-state index is 12.7. The average molecular weight is 261 g/mol. The van der Waals surface area contributed by atoms with Gasteiger partial charge in [-0.3, -0.25) is 9.78 Å². The number of nitrogens with one attached hydrogen (secondary N) is 1. The van der Waals surface area contributed by atoms with Crippen LogP contribution >= 0.6 is 0 Å². The van der Waals surface area contributed by atoms with Gasteiger partial charge in [0.25, 0.3) is 5.91 Å². The van der Waals surface area contributed by atoms with E-state index in [0.29, 0.717) is 17.5 Å². The van der Waals surface area contributed by atoms with E-state index >= 15 is 0 Å². The SMILES string of the molecule is CCNc1ccncc1C(=O)N(CC(C)C)C1CC1. The minimum atomic E-state index is 0.111. The smallest absolute Gasteiger partial charge is 0.257 e. The molecule has 104 valence electrons. The molecule has 1 aliphatic rings. The van der Waals surface area contributed by atoms with Crippen molar-refractivity contribution in [3.05, 3.63) is 24.0 Å². The van der Waals surface area contributed by atoms with Crippen LogP contribution in [-0.2, 0) is 0 Å². The molecule has 2 rings (SSSR count). The molecule has 4 heteroatoms. The summed E-state index contributed by atoms with van der Waals surface area (Å²) < 4.78 is 0. The third kappa shape index (κ3) is 3.46. The van der Waals surface area contributed by atoms with E-state index in [9.17, 15) is 4.79 Å². The Labute approximate surface area is 115 Å². The molecule has 0 aliphatic heterocycles. The maximum atomic E-state index is 12.7. The quantitative estimate of drug-likeness (QED) is 0.856. The van der Waals surface area contributed by atoms with E-state index < -0.39 is 0 Å². The Kier molecular flexibility index (Phi) is 4.40. The first kappa shape index (κ1) is 13.8. The lowest BCUT2D eigenvalue weighted by Gasteiger charge is -2.25. The molecular weight excluding hydrogens is 238 g/mol. The van der Waals surface area contributed by atoms with Gasteiger partial charge < -0.3 is 10.2 Å². The predicted molar refractivity (Wildman–Crippen MR) is 77.3 cm³/mol. The van der Waals surface area contributed by atoms with Gasteiger partial charge in [-0.2, -0.15) is 0 Å². The highest BCUT2D eigenvalue weighted by Crippen LogP contribution is 2.30. The molecule has 1 amide bonds. The van der Waals surface area contributed by atoms with Crippen LogP contribution in [0.25, 0.3) is 0 Å². The number of carbonyl (C=O) groups is 1. The van der Waals surface area contributed by atoms with Crippen molar-refractivity contribution >= 4 is 11.6 Å². The van der Waals surface area contributed by atoms with Crippen molar-refractivity contribution < 1.29 is 4.79 Å². The highest BCUT2D eigenvalue weighted by Gasteiger charge is 2.34. The minimum Gasteiger partial charge on any atom is -0.385 e. The second-order valence-corrected chi connectivity index (χ2v) is 5.53. The fraction of sp³-hybridized carbons (Fsp3) is 0.600. The lowest BCUT2D eigenvalue weighted by Crippen LogP contribution is -2.36. The Balaban J connectivity index is 2.21. The molecule has 4 nitrogen and oxygen atoms in total. The van der Waals surface area contributed by atoms with Crippen LogP contribution in [0.15, 0.2) is 18.5 Å². The van der Waals surface area contributed by atoms with Crippen LogP contribution in [0.3, 0.4) is 0 Å². The van der Waals surface area contributed by atoms with Crippen molar-refractivity contribution in [3.8, 4) is 0 Å². The van der Waals surface area contributed by atoms with Crippen LogP contribution in [0.1, 0.15) is 44.0 Å². The van der Waals surface area contributed by atoms with Gasteiger partial charge in [0.15, 0.2) is 0 Å². The number of aromatic nitrogens is 1. The van der Waals surface area contributed by atoms with Crippen LogP contribution < -0.4 is 5.32 Å². The normalized spacial score (nSPS) is 14.5. The van der Waals surface area contributed by atoms with Crippen LogP contribution in [0, 0.1) is 5.92 Å². The molecule has 1 heterocycles. The van der Waals surface area contributed by atoms with Crippen LogP contribution in [-0.4, -0.2) is 34.9 Å². The van der Waals surface area contributed by atoms with Gasteiger partial charge in [0, 0.05) is 31.5 Å². The van der Waals surface area contributed by atoms with Crippen molar-refractivity contribution in [1.29, 1.82) is 0 Å². The summed E-state index contributed by atoms with van der Waals surface area (Å²) >= 11 is 0. The molecule has 1 aliphatic carbocycles. The number of hydrogen-bond acceptors (Lipinski definition) is 3. The lowest BCUT2D eigenvalue weighted by molar-refractivity contribution is 0.0723.